The summed E-state index contributed by atoms with van der Waals surface area (Å²) in [5.74, 6) is 1.24. The molecule has 0 aliphatic rings. The smallest absolute Gasteiger partial charge is 0.351 e. The number of nitrogens with one attached hydrogen (secondary N) is 1. The summed E-state index contributed by atoms with van der Waals surface area (Å²) in [6.45, 7) is 4.08. The summed E-state index contributed by atoms with van der Waals surface area (Å²) in [6.07, 6.45) is 0. The predicted molar refractivity (Wildman–Crippen MR) is 136 cm³/mol. The summed E-state index contributed by atoms with van der Waals surface area (Å²) < 4.78 is 7.89. The lowest BCUT2D eigenvalue weighted by molar-refractivity contribution is -0.116. The number of anilines is 1. The fraction of sp³-hybridized carbons (Fsp3) is 0.185. The molecule has 1 amide bonds. The SMILES string of the molecule is COc1ccc(-c2nc3c4ccccc4n(CC(=O)Nc4ccc(C(C)C)cc4)c(=O)n3n2)cc1. The van der Waals surface area contributed by atoms with E-state index in [0.29, 0.717) is 28.6 Å². The van der Waals surface area contributed by atoms with Crippen LogP contribution in [0, 0.1) is 0 Å². The van der Waals surface area contributed by atoms with Crippen molar-refractivity contribution in [2.24, 2.45) is 0 Å². The maximum absolute atomic E-state index is 13.4. The van der Waals surface area contributed by atoms with Crippen LogP contribution in [0.5, 0.6) is 5.75 Å². The second-order valence-corrected chi connectivity index (χ2v) is 8.61. The van der Waals surface area contributed by atoms with Crippen LogP contribution in [0.15, 0.2) is 77.6 Å². The Bertz CT molecular complexity index is 1580. The quantitative estimate of drug-likeness (QED) is 0.398. The number of fused-ring (bicyclic) bond motifs is 3. The maximum Gasteiger partial charge on any atom is 0.351 e. The van der Waals surface area contributed by atoms with E-state index in [1.54, 1.807) is 7.11 Å². The fourth-order valence-corrected chi connectivity index (χ4v) is 4.05. The molecule has 2 heterocycles. The van der Waals surface area contributed by atoms with Gasteiger partial charge in [-0.1, -0.05) is 38.1 Å². The number of hydrogen-bond donors (Lipinski definition) is 1. The first-order chi connectivity index (χ1) is 16.9. The van der Waals surface area contributed by atoms with Crippen LogP contribution in [0.2, 0.25) is 0 Å². The Hall–Kier alpha value is -4.46. The standard InChI is InChI=1S/C27H25N5O3/c1-17(2)18-8-12-20(13-9-18)28-24(33)16-31-23-7-5-4-6-22(23)26-29-25(30-32(26)27(31)34)19-10-14-21(35-3)15-11-19/h4-15,17H,16H2,1-3H3,(H,28,33). The van der Waals surface area contributed by atoms with Crippen molar-refractivity contribution < 1.29 is 9.53 Å². The highest BCUT2D eigenvalue weighted by Crippen LogP contribution is 2.23. The zero-order chi connectivity index (χ0) is 24.5. The second kappa shape index (κ2) is 9.06. The Labute approximate surface area is 201 Å². The second-order valence-electron chi connectivity index (χ2n) is 8.61. The summed E-state index contributed by atoms with van der Waals surface area (Å²) in [5, 5.41) is 8.08. The van der Waals surface area contributed by atoms with E-state index in [1.165, 1.54) is 14.6 Å². The lowest BCUT2D eigenvalue weighted by atomic mass is 10.0. The third kappa shape index (κ3) is 4.26. The molecule has 5 rings (SSSR count). The summed E-state index contributed by atoms with van der Waals surface area (Å²) in [4.78, 5) is 30.9. The number of ether oxygens (including phenoxy) is 1. The lowest BCUT2D eigenvalue weighted by Crippen LogP contribution is -2.32. The Balaban J connectivity index is 1.52. The van der Waals surface area contributed by atoms with E-state index >= 15 is 0 Å². The van der Waals surface area contributed by atoms with Crippen LogP contribution in [-0.2, 0) is 11.3 Å². The van der Waals surface area contributed by atoms with Crippen LogP contribution in [-0.4, -0.2) is 32.2 Å². The normalized spacial score (nSPS) is 11.3. The first-order valence-electron chi connectivity index (χ1n) is 11.4. The number of rotatable bonds is 6. The molecule has 176 valence electrons. The van der Waals surface area contributed by atoms with Gasteiger partial charge in [-0.3, -0.25) is 9.36 Å². The Kier molecular flexibility index (Phi) is 5.78. The molecule has 0 radical (unpaired) electrons. The number of aromatic nitrogens is 4. The van der Waals surface area contributed by atoms with Crippen molar-refractivity contribution in [1.82, 2.24) is 19.2 Å². The van der Waals surface area contributed by atoms with Crippen LogP contribution in [0.4, 0.5) is 5.69 Å². The van der Waals surface area contributed by atoms with Crippen molar-refractivity contribution in [1.29, 1.82) is 0 Å². The third-order valence-electron chi connectivity index (χ3n) is 5.97. The zero-order valence-electron chi connectivity index (χ0n) is 19.7. The van der Waals surface area contributed by atoms with Crippen molar-refractivity contribution in [3.8, 4) is 17.1 Å². The minimum absolute atomic E-state index is 0.154. The van der Waals surface area contributed by atoms with Crippen molar-refractivity contribution in [3.05, 3.63) is 88.8 Å². The number of benzene rings is 3. The average molecular weight is 468 g/mol. The van der Waals surface area contributed by atoms with Crippen LogP contribution in [0.25, 0.3) is 27.9 Å². The lowest BCUT2D eigenvalue weighted by Gasteiger charge is -2.12. The minimum atomic E-state index is -0.434. The first-order valence-corrected chi connectivity index (χ1v) is 11.4. The minimum Gasteiger partial charge on any atom is -0.497 e. The van der Waals surface area contributed by atoms with Crippen LogP contribution < -0.4 is 15.7 Å². The molecule has 5 aromatic rings. The molecular formula is C27H25N5O3. The van der Waals surface area contributed by atoms with Gasteiger partial charge in [-0.15, -0.1) is 5.10 Å². The summed E-state index contributed by atoms with van der Waals surface area (Å²) in [7, 11) is 1.60. The molecule has 8 nitrogen and oxygen atoms in total. The van der Waals surface area contributed by atoms with Crippen molar-refractivity contribution in [3.63, 3.8) is 0 Å². The Morgan fingerprint density at radius 3 is 2.40 bits per heavy atom. The van der Waals surface area contributed by atoms with Crippen molar-refractivity contribution in [2.75, 3.05) is 12.4 Å². The van der Waals surface area contributed by atoms with Gasteiger partial charge in [0.25, 0.3) is 0 Å². The molecule has 0 atom stereocenters. The molecule has 35 heavy (non-hydrogen) atoms. The highest BCUT2D eigenvalue weighted by molar-refractivity contribution is 5.95. The molecule has 8 heteroatoms. The molecular weight excluding hydrogens is 442 g/mol. The molecule has 1 N–H and O–H groups in total. The summed E-state index contributed by atoms with van der Waals surface area (Å²) in [6, 6.07) is 22.4. The number of para-hydroxylation sites is 1. The zero-order valence-corrected chi connectivity index (χ0v) is 19.7. The molecule has 0 saturated heterocycles. The molecule has 0 aliphatic carbocycles. The van der Waals surface area contributed by atoms with Crippen LogP contribution in [0.3, 0.4) is 0 Å². The number of amides is 1. The van der Waals surface area contributed by atoms with Gasteiger partial charge in [-0.05, 0) is 60.0 Å². The molecule has 3 aromatic carbocycles. The van der Waals surface area contributed by atoms with Gasteiger partial charge in [-0.25, -0.2) is 9.78 Å². The van der Waals surface area contributed by atoms with E-state index in [0.717, 1.165) is 16.7 Å². The van der Waals surface area contributed by atoms with Gasteiger partial charge in [0, 0.05) is 16.6 Å². The number of carbonyl (C=O) groups is 1. The summed E-state index contributed by atoms with van der Waals surface area (Å²) in [5.41, 5.74) is 3.25. The van der Waals surface area contributed by atoms with E-state index in [4.69, 9.17) is 4.74 Å². The van der Waals surface area contributed by atoms with Crippen LogP contribution in [0.1, 0.15) is 25.3 Å². The van der Waals surface area contributed by atoms with E-state index in [1.807, 2.05) is 72.8 Å². The number of nitrogens with zero attached hydrogens (tertiary/aromatic N) is 4. The molecule has 0 saturated carbocycles. The Morgan fingerprint density at radius 1 is 1.00 bits per heavy atom. The Morgan fingerprint density at radius 2 is 1.71 bits per heavy atom. The van der Waals surface area contributed by atoms with E-state index in [-0.39, 0.29) is 12.5 Å². The molecule has 2 aromatic heterocycles. The van der Waals surface area contributed by atoms with Gasteiger partial charge in [0.1, 0.15) is 12.3 Å². The predicted octanol–water partition coefficient (Wildman–Crippen LogP) is 4.48. The topological polar surface area (TPSA) is 90.5 Å². The monoisotopic (exact) mass is 467 g/mol. The van der Waals surface area contributed by atoms with Gasteiger partial charge >= 0.3 is 5.69 Å². The van der Waals surface area contributed by atoms with E-state index in [9.17, 15) is 9.59 Å². The van der Waals surface area contributed by atoms with Crippen LogP contribution >= 0.6 is 0 Å². The highest BCUT2D eigenvalue weighted by atomic mass is 16.5. The highest BCUT2D eigenvalue weighted by Gasteiger charge is 2.17. The fourth-order valence-electron chi connectivity index (χ4n) is 4.05. The molecule has 0 fully saturated rings. The van der Waals surface area contributed by atoms with E-state index < -0.39 is 5.69 Å². The first kappa shape index (κ1) is 22.3. The van der Waals surface area contributed by atoms with Gasteiger partial charge in [-0.2, -0.15) is 4.52 Å². The van der Waals surface area contributed by atoms with Gasteiger partial charge in [0.2, 0.25) is 5.91 Å². The third-order valence-corrected chi connectivity index (χ3v) is 5.97. The maximum atomic E-state index is 13.4. The van der Waals surface area contributed by atoms with Gasteiger partial charge in [0.05, 0.1) is 12.6 Å². The molecule has 0 spiro atoms. The van der Waals surface area contributed by atoms with E-state index in [2.05, 4.69) is 29.2 Å². The molecule has 0 unspecified atom stereocenters. The average Bonchev–Trinajstić information content (AvgIpc) is 3.33. The van der Waals surface area contributed by atoms with Gasteiger partial charge in [0.15, 0.2) is 11.5 Å². The summed E-state index contributed by atoms with van der Waals surface area (Å²) >= 11 is 0. The number of carbonyl (C=O) groups excluding carboxylic acids is 1. The number of methoxy groups -OCH3 is 1. The van der Waals surface area contributed by atoms with Gasteiger partial charge < -0.3 is 10.1 Å². The molecule has 0 aliphatic heterocycles. The van der Waals surface area contributed by atoms with Crippen molar-refractivity contribution in [2.45, 2.75) is 26.3 Å². The van der Waals surface area contributed by atoms with Crippen molar-refractivity contribution >= 4 is 28.1 Å². The largest absolute Gasteiger partial charge is 0.497 e. The molecule has 0 bridgehead atoms. The number of hydrogen-bond acceptors (Lipinski definition) is 5.